The molecule has 15 heteroatoms. The lowest BCUT2D eigenvalue weighted by Gasteiger charge is -2.65. The third-order valence-electron chi connectivity index (χ3n) is 14.8. The maximum Gasteiger partial charge on any atom is 0.331 e. The third kappa shape index (κ3) is 6.39. The maximum atomic E-state index is 12.7. The van der Waals surface area contributed by atoms with Gasteiger partial charge in [0.1, 0.15) is 55.4 Å². The molecule has 0 amide bonds. The molecule has 0 spiro atoms. The summed E-state index contributed by atoms with van der Waals surface area (Å²) in [6, 6.07) is 0. The van der Waals surface area contributed by atoms with Gasteiger partial charge >= 0.3 is 11.9 Å². The standard InChI is InChI=1S/C38H58O15/c1-17-28(42)33(47-5)31(45)35(49-17)53-32-25(15-39)52-34(30(44)29(32)43)51-21-13-20-6-7-24-23(37(20,4)26(14-21)50-18(2)40)8-10-36(3)22(9-11-38(24,36)46)19-12-27(41)48-16-19/h12,17,20-26,28-35,39,42-46H,6-11,13-16H2,1-5H3/t17-,20-,21+,22+,23-,24+,25-,26+,28+,29+,30+,31-,32+,33+,34+,35+,36+,37-,38-/m0/s1. The van der Waals surface area contributed by atoms with Crippen LogP contribution < -0.4 is 0 Å². The second kappa shape index (κ2) is 14.6. The first-order chi connectivity index (χ1) is 25.1. The number of ether oxygens (including phenoxy) is 7. The fraction of sp³-hybridized carbons (Fsp3) is 0.895. The van der Waals surface area contributed by atoms with Gasteiger partial charge in [-0.2, -0.15) is 0 Å². The molecule has 7 aliphatic rings. The Labute approximate surface area is 309 Å². The van der Waals surface area contributed by atoms with Gasteiger partial charge in [-0.3, -0.25) is 4.79 Å². The van der Waals surface area contributed by atoms with Crippen LogP contribution in [-0.2, 0) is 42.7 Å². The molecule has 4 saturated carbocycles. The number of carbonyl (C=O) groups excluding carboxylic acids is 2. The first-order valence-electron chi connectivity index (χ1n) is 19.3. The molecular formula is C38H58O15. The summed E-state index contributed by atoms with van der Waals surface area (Å²) in [6.45, 7) is 6.96. The number of aliphatic hydroxyl groups excluding tert-OH is 5. The van der Waals surface area contributed by atoms with E-state index in [0.29, 0.717) is 19.3 Å². The van der Waals surface area contributed by atoms with Crippen molar-refractivity contribution in [1.29, 1.82) is 0 Å². The number of aliphatic hydroxyl groups is 6. The summed E-state index contributed by atoms with van der Waals surface area (Å²) in [5.74, 6) is -0.609. The van der Waals surface area contributed by atoms with Crippen LogP contribution in [0.25, 0.3) is 0 Å². The number of hydrogen-bond acceptors (Lipinski definition) is 15. The van der Waals surface area contributed by atoms with E-state index in [2.05, 4.69) is 13.8 Å². The van der Waals surface area contributed by atoms with E-state index in [0.717, 1.165) is 37.7 Å². The molecule has 300 valence electrons. The lowest BCUT2D eigenvalue weighted by atomic mass is 9.42. The fourth-order valence-corrected chi connectivity index (χ4v) is 12.0. The Balaban J connectivity index is 1.06. The van der Waals surface area contributed by atoms with Crippen molar-refractivity contribution >= 4 is 11.9 Å². The molecule has 19 atom stereocenters. The predicted octanol–water partition coefficient (Wildman–Crippen LogP) is 0.476. The highest BCUT2D eigenvalue weighted by atomic mass is 16.7. The molecule has 0 unspecified atom stereocenters. The Hall–Kier alpha value is -1.76. The Morgan fingerprint density at radius 3 is 2.30 bits per heavy atom. The fourth-order valence-electron chi connectivity index (χ4n) is 12.0. The van der Waals surface area contributed by atoms with E-state index in [1.807, 2.05) is 0 Å². The van der Waals surface area contributed by atoms with Crippen molar-refractivity contribution in [3.05, 3.63) is 11.6 Å². The zero-order valence-electron chi connectivity index (χ0n) is 31.2. The third-order valence-corrected chi connectivity index (χ3v) is 14.8. The summed E-state index contributed by atoms with van der Waals surface area (Å²) >= 11 is 0. The van der Waals surface area contributed by atoms with Crippen molar-refractivity contribution < 1.29 is 73.4 Å². The van der Waals surface area contributed by atoms with E-state index in [-0.39, 0.29) is 36.2 Å². The lowest BCUT2D eigenvalue weighted by Crippen LogP contribution is -2.66. The molecule has 3 heterocycles. The topological polar surface area (TPSA) is 220 Å². The van der Waals surface area contributed by atoms with Gasteiger partial charge in [0.2, 0.25) is 0 Å². The number of rotatable bonds is 8. The summed E-state index contributed by atoms with van der Waals surface area (Å²) < 4.78 is 40.5. The van der Waals surface area contributed by atoms with Crippen molar-refractivity contribution in [1.82, 2.24) is 0 Å². The summed E-state index contributed by atoms with van der Waals surface area (Å²) in [4.78, 5) is 24.6. The van der Waals surface area contributed by atoms with Gasteiger partial charge in [0.05, 0.1) is 24.4 Å². The van der Waals surface area contributed by atoms with Crippen molar-refractivity contribution in [3.8, 4) is 0 Å². The normalized spacial score (nSPS) is 52.5. The molecule has 7 rings (SSSR count). The molecule has 2 saturated heterocycles. The van der Waals surface area contributed by atoms with Crippen molar-refractivity contribution in [3.63, 3.8) is 0 Å². The highest BCUT2D eigenvalue weighted by molar-refractivity contribution is 5.85. The minimum Gasteiger partial charge on any atom is -0.462 e. The molecule has 0 aromatic carbocycles. The van der Waals surface area contributed by atoms with E-state index in [1.165, 1.54) is 14.0 Å². The zero-order chi connectivity index (χ0) is 38.2. The zero-order valence-corrected chi connectivity index (χ0v) is 31.2. The Morgan fingerprint density at radius 1 is 0.906 bits per heavy atom. The molecule has 0 aromatic heterocycles. The minimum absolute atomic E-state index is 0.0281. The summed E-state index contributed by atoms with van der Waals surface area (Å²) in [6.07, 6.45) is -6.95. The van der Waals surface area contributed by atoms with Gasteiger partial charge in [-0.05, 0) is 81.1 Å². The molecule has 0 aromatic rings. The number of esters is 2. The first-order valence-corrected chi connectivity index (χ1v) is 19.3. The maximum absolute atomic E-state index is 12.7. The van der Waals surface area contributed by atoms with Crippen LogP contribution in [0, 0.1) is 34.5 Å². The van der Waals surface area contributed by atoms with Gasteiger partial charge in [0.25, 0.3) is 0 Å². The largest absolute Gasteiger partial charge is 0.462 e. The first kappa shape index (κ1) is 39.5. The molecule has 0 bridgehead atoms. The van der Waals surface area contributed by atoms with E-state index >= 15 is 0 Å². The minimum atomic E-state index is -1.62. The summed E-state index contributed by atoms with van der Waals surface area (Å²) in [7, 11) is 1.33. The summed E-state index contributed by atoms with van der Waals surface area (Å²) in [5.41, 5.74) is -0.876. The van der Waals surface area contributed by atoms with Crippen molar-refractivity contribution in [2.75, 3.05) is 20.3 Å². The van der Waals surface area contributed by atoms with E-state index in [1.54, 1.807) is 13.0 Å². The lowest BCUT2D eigenvalue weighted by molar-refractivity contribution is -0.363. The van der Waals surface area contributed by atoms with Crippen molar-refractivity contribution in [2.45, 2.75) is 158 Å². The van der Waals surface area contributed by atoms with E-state index in [4.69, 9.17) is 33.2 Å². The smallest absolute Gasteiger partial charge is 0.331 e. The Morgan fingerprint density at radius 2 is 1.64 bits per heavy atom. The average Bonchev–Trinajstić information content (AvgIpc) is 3.66. The highest BCUT2D eigenvalue weighted by Gasteiger charge is 2.69. The van der Waals surface area contributed by atoms with Crippen LogP contribution in [0.3, 0.4) is 0 Å². The second-order valence-electron chi connectivity index (χ2n) is 17.2. The van der Waals surface area contributed by atoms with Crippen LogP contribution in [0.5, 0.6) is 0 Å². The van der Waals surface area contributed by atoms with Crippen LogP contribution >= 0.6 is 0 Å². The molecule has 3 aliphatic heterocycles. The average molecular weight is 755 g/mol. The van der Waals surface area contributed by atoms with Gasteiger partial charge in [0.15, 0.2) is 12.6 Å². The number of hydrogen-bond donors (Lipinski definition) is 6. The number of cyclic esters (lactones) is 1. The molecule has 6 fully saturated rings. The van der Waals surface area contributed by atoms with Crippen LogP contribution in [0.15, 0.2) is 11.6 Å². The number of fused-ring (bicyclic) bond motifs is 5. The number of methoxy groups -OCH3 is 1. The SMILES string of the molecule is CO[C@H]1[C@H](O)[C@@H](O[C@H]2[C@H](O)[C@@H](O)[C@H](O[C@@H]3C[C@@H]4CC[C@@H]5[C@H](CC[C@]6(C)[C@@H](C7=CC(=O)OC7)CC[C@]56O)[C@@]4(C)[C@H](OC(C)=O)C3)O[C@H]2CO)O[C@@H](C)[C@H]1O. The quantitative estimate of drug-likeness (QED) is 0.147. The van der Waals surface area contributed by atoms with Gasteiger partial charge < -0.3 is 63.8 Å². The molecule has 4 aliphatic carbocycles. The van der Waals surface area contributed by atoms with E-state index in [9.17, 15) is 40.2 Å². The Kier molecular flexibility index (Phi) is 10.9. The van der Waals surface area contributed by atoms with Gasteiger partial charge in [-0.25, -0.2) is 4.79 Å². The van der Waals surface area contributed by atoms with Crippen molar-refractivity contribution in [2.24, 2.45) is 34.5 Å². The van der Waals surface area contributed by atoms with Crippen LogP contribution in [0.1, 0.15) is 79.1 Å². The van der Waals surface area contributed by atoms with Gasteiger partial charge in [-0.1, -0.05) is 13.8 Å². The molecule has 6 N–H and O–H groups in total. The monoisotopic (exact) mass is 754 g/mol. The van der Waals surface area contributed by atoms with E-state index < -0.39 is 103 Å². The second-order valence-corrected chi connectivity index (χ2v) is 17.2. The van der Waals surface area contributed by atoms with Crippen LogP contribution in [0.2, 0.25) is 0 Å². The van der Waals surface area contributed by atoms with Crippen LogP contribution in [0.4, 0.5) is 0 Å². The van der Waals surface area contributed by atoms with Crippen LogP contribution in [-0.4, -0.2) is 142 Å². The molecule has 0 radical (unpaired) electrons. The highest BCUT2D eigenvalue weighted by Crippen LogP contribution is 2.70. The number of carbonyl (C=O) groups is 2. The molecular weight excluding hydrogens is 696 g/mol. The van der Waals surface area contributed by atoms with Gasteiger partial charge in [0, 0.05) is 37.4 Å². The molecule has 15 nitrogen and oxygen atoms in total. The van der Waals surface area contributed by atoms with Gasteiger partial charge in [-0.15, -0.1) is 0 Å². The predicted molar refractivity (Wildman–Crippen MR) is 181 cm³/mol. The molecule has 53 heavy (non-hydrogen) atoms. The summed E-state index contributed by atoms with van der Waals surface area (Å²) in [5, 5.41) is 66.6. The Bertz CT molecular complexity index is 1410.